The van der Waals surface area contributed by atoms with Gasteiger partial charge in [-0.2, -0.15) is 0 Å². The van der Waals surface area contributed by atoms with Gasteiger partial charge in [-0.05, 0) is 61.9 Å². The maximum atomic E-state index is 13.9. The number of H-pyrrole nitrogens is 1. The van der Waals surface area contributed by atoms with Gasteiger partial charge in [0.25, 0.3) is 0 Å². The number of nitrogens with one attached hydrogen (secondary N) is 1. The van der Waals surface area contributed by atoms with Crippen LogP contribution in [0.5, 0.6) is 0 Å². The van der Waals surface area contributed by atoms with Gasteiger partial charge in [-0.3, -0.25) is 9.59 Å². The van der Waals surface area contributed by atoms with Gasteiger partial charge < -0.3 is 19.7 Å². The number of rotatable bonds is 11. The fraction of sp³-hybridized carbons (Fsp3) is 0.500. The summed E-state index contributed by atoms with van der Waals surface area (Å²) in [6.07, 6.45) is 8.97. The first-order valence-electron chi connectivity index (χ1n) is 14.3. The van der Waals surface area contributed by atoms with Gasteiger partial charge in [0.15, 0.2) is 0 Å². The number of nitrogens with zero attached hydrogens (tertiary/aromatic N) is 3. The summed E-state index contributed by atoms with van der Waals surface area (Å²) in [5.41, 5.74) is 4.54. The lowest BCUT2D eigenvalue weighted by atomic mass is 9.88. The molecular formula is C32H44N4O2. The lowest BCUT2D eigenvalue weighted by molar-refractivity contribution is -0.146. The Morgan fingerprint density at radius 1 is 1.00 bits per heavy atom. The number of aromatic nitrogens is 1. The normalized spacial score (nSPS) is 14.8. The molecule has 0 bridgehead atoms. The van der Waals surface area contributed by atoms with E-state index in [2.05, 4.69) is 72.4 Å². The van der Waals surface area contributed by atoms with Gasteiger partial charge in [-0.25, -0.2) is 0 Å². The minimum Gasteiger partial charge on any atom is -0.378 e. The number of benzene rings is 2. The number of amides is 2. The Labute approximate surface area is 228 Å². The molecule has 4 rings (SSSR count). The van der Waals surface area contributed by atoms with E-state index in [0.29, 0.717) is 13.1 Å². The van der Waals surface area contributed by atoms with E-state index in [1.807, 2.05) is 30.0 Å². The number of anilines is 1. The van der Waals surface area contributed by atoms with Crippen molar-refractivity contribution in [1.82, 2.24) is 14.8 Å². The highest BCUT2D eigenvalue weighted by molar-refractivity contribution is 5.86. The Hall–Kier alpha value is -3.28. The van der Waals surface area contributed by atoms with Crippen molar-refractivity contribution in [3.05, 3.63) is 65.9 Å². The Bertz CT molecular complexity index is 1190. The summed E-state index contributed by atoms with van der Waals surface area (Å²) in [6, 6.07) is 16.7. The summed E-state index contributed by atoms with van der Waals surface area (Å²) in [7, 11) is 4.05. The molecule has 1 fully saturated rings. The van der Waals surface area contributed by atoms with E-state index in [9.17, 15) is 9.59 Å². The highest BCUT2D eigenvalue weighted by Gasteiger charge is 2.31. The van der Waals surface area contributed by atoms with Crippen LogP contribution >= 0.6 is 0 Å². The summed E-state index contributed by atoms with van der Waals surface area (Å²) in [5, 5.41) is 1.20. The molecule has 0 saturated heterocycles. The van der Waals surface area contributed by atoms with Crippen molar-refractivity contribution in [2.24, 2.45) is 5.92 Å². The predicted molar refractivity (Wildman–Crippen MR) is 156 cm³/mol. The fourth-order valence-corrected chi connectivity index (χ4v) is 5.51. The standard InChI is InChI=1S/C32H44N4O2/c1-5-24(2)36(32(38)26-11-7-6-8-12-26)23-31(37)35(22-25-15-17-28(18-16-25)34(3)4)20-19-27-21-33-30-14-10-9-13-29(27)30/h9-10,13-18,21,24,26,33H,5-8,11-12,19-20,22-23H2,1-4H3. The number of hydrogen-bond donors (Lipinski definition) is 1. The summed E-state index contributed by atoms with van der Waals surface area (Å²) >= 11 is 0. The van der Waals surface area contributed by atoms with E-state index in [1.54, 1.807) is 0 Å². The monoisotopic (exact) mass is 516 g/mol. The molecule has 0 spiro atoms. The van der Waals surface area contributed by atoms with Crippen molar-refractivity contribution >= 4 is 28.4 Å². The summed E-state index contributed by atoms with van der Waals surface area (Å²) in [5.74, 6) is 0.245. The minimum absolute atomic E-state index is 0.0194. The molecule has 3 aromatic rings. The first kappa shape index (κ1) is 27.7. The van der Waals surface area contributed by atoms with Crippen LogP contribution in [0.4, 0.5) is 5.69 Å². The maximum Gasteiger partial charge on any atom is 0.242 e. The van der Waals surface area contributed by atoms with Crippen LogP contribution in [0.3, 0.4) is 0 Å². The van der Waals surface area contributed by atoms with Crippen LogP contribution in [0, 0.1) is 5.92 Å². The molecule has 6 nitrogen and oxygen atoms in total. The molecular weight excluding hydrogens is 472 g/mol. The van der Waals surface area contributed by atoms with Crippen LogP contribution in [0.1, 0.15) is 63.5 Å². The van der Waals surface area contributed by atoms with Gasteiger partial charge in [-0.1, -0.05) is 56.5 Å². The van der Waals surface area contributed by atoms with Crippen molar-refractivity contribution in [1.29, 1.82) is 0 Å². The molecule has 1 N–H and O–H groups in total. The number of hydrogen-bond acceptors (Lipinski definition) is 3. The van der Waals surface area contributed by atoms with Gasteiger partial charge >= 0.3 is 0 Å². The lowest BCUT2D eigenvalue weighted by Crippen LogP contribution is -2.49. The molecule has 0 radical (unpaired) electrons. The van der Waals surface area contributed by atoms with E-state index in [-0.39, 0.29) is 30.3 Å². The van der Waals surface area contributed by atoms with E-state index >= 15 is 0 Å². The van der Waals surface area contributed by atoms with Crippen LogP contribution < -0.4 is 4.90 Å². The van der Waals surface area contributed by atoms with Crippen molar-refractivity contribution in [3.8, 4) is 0 Å². The molecule has 1 aliphatic carbocycles. The SMILES string of the molecule is CCC(C)N(CC(=O)N(CCc1c[nH]c2ccccc12)Cc1ccc(N(C)C)cc1)C(=O)C1CCCCC1. The molecule has 2 amide bonds. The van der Waals surface area contributed by atoms with Crippen LogP contribution in [-0.2, 0) is 22.6 Å². The van der Waals surface area contributed by atoms with Crippen molar-refractivity contribution in [2.75, 3.05) is 32.1 Å². The Balaban J connectivity index is 1.53. The van der Waals surface area contributed by atoms with Gasteiger partial charge in [0.1, 0.15) is 6.54 Å². The highest BCUT2D eigenvalue weighted by Crippen LogP contribution is 2.27. The molecule has 1 aliphatic rings. The zero-order valence-electron chi connectivity index (χ0n) is 23.6. The smallest absolute Gasteiger partial charge is 0.242 e. The zero-order valence-corrected chi connectivity index (χ0v) is 23.6. The first-order valence-corrected chi connectivity index (χ1v) is 14.3. The number of carbonyl (C=O) groups is 2. The van der Waals surface area contributed by atoms with Gasteiger partial charge in [0, 0.05) is 61.9 Å². The molecule has 0 aliphatic heterocycles. The minimum atomic E-state index is 0.0194. The number of fused-ring (bicyclic) bond motifs is 1. The Kier molecular flexibility index (Phi) is 9.48. The number of carbonyl (C=O) groups excluding carboxylic acids is 2. The van der Waals surface area contributed by atoms with Crippen molar-refractivity contribution in [3.63, 3.8) is 0 Å². The largest absolute Gasteiger partial charge is 0.378 e. The molecule has 2 aromatic carbocycles. The van der Waals surface area contributed by atoms with E-state index in [1.165, 1.54) is 17.4 Å². The molecule has 1 atom stereocenters. The van der Waals surface area contributed by atoms with E-state index < -0.39 is 0 Å². The lowest BCUT2D eigenvalue weighted by Gasteiger charge is -2.35. The molecule has 1 aromatic heterocycles. The second-order valence-corrected chi connectivity index (χ2v) is 11.0. The highest BCUT2D eigenvalue weighted by atomic mass is 16.2. The topological polar surface area (TPSA) is 59.7 Å². The predicted octanol–water partition coefficient (Wildman–Crippen LogP) is 6.01. The Morgan fingerprint density at radius 2 is 1.71 bits per heavy atom. The molecule has 1 saturated carbocycles. The quantitative estimate of drug-likeness (QED) is 0.339. The van der Waals surface area contributed by atoms with Crippen molar-refractivity contribution in [2.45, 2.75) is 71.4 Å². The third-order valence-electron chi connectivity index (χ3n) is 8.17. The molecule has 204 valence electrons. The van der Waals surface area contributed by atoms with E-state index in [4.69, 9.17) is 0 Å². The maximum absolute atomic E-state index is 13.9. The van der Waals surface area contributed by atoms with Crippen LogP contribution in [0.25, 0.3) is 10.9 Å². The summed E-state index contributed by atoms with van der Waals surface area (Å²) < 4.78 is 0. The van der Waals surface area contributed by atoms with Crippen LogP contribution in [0.2, 0.25) is 0 Å². The molecule has 1 heterocycles. The zero-order chi connectivity index (χ0) is 27.1. The van der Waals surface area contributed by atoms with Gasteiger partial charge in [0.05, 0.1) is 0 Å². The average molecular weight is 517 g/mol. The van der Waals surface area contributed by atoms with Crippen LogP contribution in [0.15, 0.2) is 54.7 Å². The molecule has 6 heteroatoms. The fourth-order valence-electron chi connectivity index (χ4n) is 5.51. The van der Waals surface area contributed by atoms with Crippen molar-refractivity contribution < 1.29 is 9.59 Å². The van der Waals surface area contributed by atoms with E-state index in [0.717, 1.165) is 55.3 Å². The molecule has 1 unspecified atom stereocenters. The van der Waals surface area contributed by atoms with Gasteiger partial charge in [-0.15, -0.1) is 0 Å². The summed E-state index contributed by atoms with van der Waals surface area (Å²) in [6.45, 7) is 5.44. The third kappa shape index (κ3) is 6.77. The first-order chi connectivity index (χ1) is 18.4. The van der Waals surface area contributed by atoms with Crippen LogP contribution in [-0.4, -0.2) is 59.8 Å². The van der Waals surface area contributed by atoms with Gasteiger partial charge in [0.2, 0.25) is 11.8 Å². The third-order valence-corrected chi connectivity index (χ3v) is 8.17. The summed E-state index contributed by atoms with van der Waals surface area (Å²) in [4.78, 5) is 36.7. The number of para-hydroxylation sites is 1. The second kappa shape index (κ2) is 13.0. The average Bonchev–Trinajstić information content (AvgIpc) is 3.36. The Morgan fingerprint density at radius 3 is 2.39 bits per heavy atom. The second-order valence-electron chi connectivity index (χ2n) is 11.0. The number of aromatic amines is 1. The molecule has 38 heavy (non-hydrogen) atoms.